The molecule has 1 heterocycles. The Balaban J connectivity index is 0.00000361. The highest BCUT2D eigenvalue weighted by molar-refractivity contribution is 5.85. The molecule has 1 fully saturated rings. The van der Waals surface area contributed by atoms with Crippen molar-refractivity contribution in [2.24, 2.45) is 17.4 Å². The maximum Gasteiger partial charge on any atom is 0.314 e. The van der Waals surface area contributed by atoms with Crippen LogP contribution in [0.2, 0.25) is 0 Å². The fraction of sp³-hybridized carbons (Fsp3) is 0.846. The fourth-order valence-electron chi connectivity index (χ4n) is 2.52. The summed E-state index contributed by atoms with van der Waals surface area (Å²) in [6, 6.07) is -0.450. The molecule has 5 N–H and O–H groups in total. The van der Waals surface area contributed by atoms with Crippen molar-refractivity contribution in [3.63, 3.8) is 0 Å². The van der Waals surface area contributed by atoms with E-state index in [0.29, 0.717) is 19.6 Å². The second kappa shape index (κ2) is 8.32. The van der Waals surface area contributed by atoms with Gasteiger partial charge in [0.05, 0.1) is 11.5 Å². The number of carbonyl (C=O) groups is 2. The Hall–Kier alpha value is -1.01. The highest BCUT2D eigenvalue weighted by Crippen LogP contribution is 2.19. The van der Waals surface area contributed by atoms with Crippen LogP contribution in [0.3, 0.4) is 0 Å². The Morgan fingerprint density at radius 2 is 1.95 bits per heavy atom. The third-order valence-electron chi connectivity index (χ3n) is 4.24. The van der Waals surface area contributed by atoms with E-state index in [4.69, 9.17) is 11.5 Å². The molecular formula is C13H27ClN4O2. The van der Waals surface area contributed by atoms with Gasteiger partial charge in [-0.2, -0.15) is 0 Å². The van der Waals surface area contributed by atoms with Gasteiger partial charge in [0.2, 0.25) is 5.91 Å². The average Bonchev–Trinajstić information content (AvgIpc) is 2.45. The van der Waals surface area contributed by atoms with Crippen LogP contribution >= 0.6 is 12.4 Å². The topological polar surface area (TPSA) is 101 Å². The van der Waals surface area contributed by atoms with Gasteiger partial charge in [0.25, 0.3) is 0 Å². The van der Waals surface area contributed by atoms with Gasteiger partial charge < -0.3 is 21.7 Å². The molecule has 1 rings (SSSR count). The number of piperidine rings is 1. The number of amides is 3. The molecule has 0 radical (unpaired) electrons. The van der Waals surface area contributed by atoms with Crippen LogP contribution in [-0.2, 0) is 4.79 Å². The van der Waals surface area contributed by atoms with Gasteiger partial charge in [-0.25, -0.2) is 4.79 Å². The van der Waals surface area contributed by atoms with Gasteiger partial charge >= 0.3 is 6.03 Å². The fourth-order valence-corrected chi connectivity index (χ4v) is 2.52. The third kappa shape index (κ3) is 4.52. The van der Waals surface area contributed by atoms with Gasteiger partial charge in [-0.15, -0.1) is 12.4 Å². The second-order valence-corrected chi connectivity index (χ2v) is 5.30. The van der Waals surface area contributed by atoms with E-state index >= 15 is 0 Å². The van der Waals surface area contributed by atoms with Crippen molar-refractivity contribution in [2.75, 3.05) is 19.6 Å². The molecule has 0 saturated carbocycles. The SMILES string of the molecule is CCC(CC)(CN)NC(=O)C1CCCN(C(N)=O)C1.Cl. The van der Waals surface area contributed by atoms with Crippen LogP contribution in [0, 0.1) is 5.92 Å². The second-order valence-electron chi connectivity index (χ2n) is 5.30. The molecule has 0 bridgehead atoms. The van der Waals surface area contributed by atoms with E-state index in [0.717, 1.165) is 25.7 Å². The van der Waals surface area contributed by atoms with Gasteiger partial charge in [-0.3, -0.25) is 4.79 Å². The van der Waals surface area contributed by atoms with Crippen LogP contribution in [-0.4, -0.2) is 42.0 Å². The summed E-state index contributed by atoms with van der Waals surface area (Å²) in [5.74, 6) is -0.189. The predicted octanol–water partition coefficient (Wildman–Crippen LogP) is 0.833. The van der Waals surface area contributed by atoms with E-state index in [1.807, 2.05) is 13.8 Å². The van der Waals surface area contributed by atoms with Crippen LogP contribution in [0.5, 0.6) is 0 Å². The maximum atomic E-state index is 12.3. The summed E-state index contributed by atoms with van der Waals surface area (Å²) in [6.45, 7) is 5.52. The van der Waals surface area contributed by atoms with Gasteiger partial charge in [0, 0.05) is 19.6 Å². The van der Waals surface area contributed by atoms with Crippen molar-refractivity contribution >= 4 is 24.3 Å². The van der Waals surface area contributed by atoms with Crippen LogP contribution < -0.4 is 16.8 Å². The van der Waals surface area contributed by atoms with Gasteiger partial charge in [-0.1, -0.05) is 13.8 Å². The number of urea groups is 1. The van der Waals surface area contributed by atoms with Crippen molar-refractivity contribution < 1.29 is 9.59 Å². The molecule has 7 heteroatoms. The molecule has 0 aromatic heterocycles. The smallest absolute Gasteiger partial charge is 0.314 e. The van der Waals surface area contributed by atoms with E-state index < -0.39 is 6.03 Å². The minimum Gasteiger partial charge on any atom is -0.351 e. The van der Waals surface area contributed by atoms with Gasteiger partial charge in [-0.05, 0) is 25.7 Å². The first-order chi connectivity index (χ1) is 8.98. The van der Waals surface area contributed by atoms with Crippen molar-refractivity contribution in [2.45, 2.75) is 45.1 Å². The number of hydrogen-bond acceptors (Lipinski definition) is 3. The molecular weight excluding hydrogens is 280 g/mol. The van der Waals surface area contributed by atoms with E-state index in [1.165, 1.54) is 4.90 Å². The zero-order valence-electron chi connectivity index (χ0n) is 12.4. The molecule has 6 nitrogen and oxygen atoms in total. The normalized spacial score (nSPS) is 19.1. The molecule has 1 atom stereocenters. The molecule has 1 saturated heterocycles. The number of carbonyl (C=O) groups excluding carboxylic acids is 2. The standard InChI is InChI=1S/C13H26N4O2.ClH/c1-3-13(4-2,9-14)16-11(18)10-6-5-7-17(8-10)12(15)19;/h10H,3-9,14H2,1-2H3,(H2,15,19)(H,16,18);1H. The van der Waals surface area contributed by atoms with Crippen molar-refractivity contribution in [1.82, 2.24) is 10.2 Å². The molecule has 0 aromatic rings. The van der Waals surface area contributed by atoms with Gasteiger partial charge in [0.1, 0.15) is 0 Å². The van der Waals surface area contributed by atoms with Crippen molar-refractivity contribution in [3.8, 4) is 0 Å². The highest BCUT2D eigenvalue weighted by Gasteiger charge is 2.32. The largest absolute Gasteiger partial charge is 0.351 e. The molecule has 1 aliphatic rings. The summed E-state index contributed by atoms with van der Waals surface area (Å²) in [5, 5.41) is 3.07. The molecule has 1 aliphatic heterocycles. The summed E-state index contributed by atoms with van der Waals surface area (Å²) < 4.78 is 0. The average molecular weight is 307 g/mol. The summed E-state index contributed by atoms with van der Waals surface area (Å²) in [5.41, 5.74) is 10.7. The van der Waals surface area contributed by atoms with Gasteiger partial charge in [0.15, 0.2) is 0 Å². The summed E-state index contributed by atoms with van der Waals surface area (Å²) >= 11 is 0. The lowest BCUT2D eigenvalue weighted by Gasteiger charge is -2.36. The van der Waals surface area contributed by atoms with Crippen LogP contribution in [0.25, 0.3) is 0 Å². The van der Waals surface area contributed by atoms with E-state index in [1.54, 1.807) is 0 Å². The molecule has 0 spiro atoms. The number of likely N-dealkylation sites (tertiary alicyclic amines) is 1. The Bertz CT molecular complexity index is 326. The monoisotopic (exact) mass is 306 g/mol. The Morgan fingerprint density at radius 1 is 1.35 bits per heavy atom. The molecule has 1 unspecified atom stereocenters. The first-order valence-corrected chi connectivity index (χ1v) is 7.04. The van der Waals surface area contributed by atoms with Crippen LogP contribution in [0.15, 0.2) is 0 Å². The Labute approximate surface area is 127 Å². The molecule has 0 aromatic carbocycles. The number of hydrogen-bond donors (Lipinski definition) is 3. The minimum atomic E-state index is -0.450. The molecule has 3 amide bonds. The molecule has 20 heavy (non-hydrogen) atoms. The Kier molecular flexibility index (Phi) is 7.90. The summed E-state index contributed by atoms with van der Waals surface area (Å²) in [7, 11) is 0. The van der Waals surface area contributed by atoms with E-state index in [2.05, 4.69) is 5.32 Å². The zero-order valence-corrected chi connectivity index (χ0v) is 13.2. The first-order valence-electron chi connectivity index (χ1n) is 7.04. The number of halogens is 1. The number of nitrogens with two attached hydrogens (primary N) is 2. The van der Waals surface area contributed by atoms with Crippen molar-refractivity contribution in [1.29, 1.82) is 0 Å². The zero-order chi connectivity index (χ0) is 14.5. The Morgan fingerprint density at radius 3 is 2.40 bits per heavy atom. The summed E-state index contributed by atoms with van der Waals surface area (Å²) in [6.07, 6.45) is 3.22. The van der Waals surface area contributed by atoms with E-state index in [9.17, 15) is 9.59 Å². The predicted molar refractivity (Wildman–Crippen MR) is 81.6 cm³/mol. The van der Waals surface area contributed by atoms with Crippen LogP contribution in [0.4, 0.5) is 4.79 Å². The number of nitrogens with zero attached hydrogens (tertiary/aromatic N) is 1. The first kappa shape index (κ1) is 19.0. The molecule has 118 valence electrons. The minimum absolute atomic E-state index is 0. The summed E-state index contributed by atoms with van der Waals surface area (Å²) in [4.78, 5) is 25.0. The maximum absolute atomic E-state index is 12.3. The lowest BCUT2D eigenvalue weighted by molar-refractivity contribution is -0.128. The lowest BCUT2D eigenvalue weighted by atomic mass is 9.90. The van der Waals surface area contributed by atoms with Crippen molar-refractivity contribution in [3.05, 3.63) is 0 Å². The number of primary amides is 1. The number of nitrogens with one attached hydrogen (secondary N) is 1. The number of rotatable bonds is 5. The molecule has 0 aliphatic carbocycles. The quantitative estimate of drug-likeness (QED) is 0.701. The van der Waals surface area contributed by atoms with Crippen LogP contribution in [0.1, 0.15) is 39.5 Å². The third-order valence-corrected chi connectivity index (χ3v) is 4.24. The van der Waals surface area contributed by atoms with E-state index in [-0.39, 0.29) is 29.8 Å². The highest BCUT2D eigenvalue weighted by atomic mass is 35.5. The lowest BCUT2D eigenvalue weighted by Crippen LogP contribution is -2.56.